The van der Waals surface area contributed by atoms with Gasteiger partial charge in [-0.1, -0.05) is 30.3 Å². The summed E-state index contributed by atoms with van der Waals surface area (Å²) in [5.74, 6) is 0.652. The predicted molar refractivity (Wildman–Crippen MR) is 107 cm³/mol. The highest BCUT2D eigenvalue weighted by Gasteiger charge is 2.15. The Bertz CT molecular complexity index is 1220. The van der Waals surface area contributed by atoms with E-state index in [1.54, 1.807) is 24.3 Å². The summed E-state index contributed by atoms with van der Waals surface area (Å²) in [5.41, 5.74) is 3.72. The molecule has 0 aliphatic rings. The number of nitrogens with one attached hydrogen (secondary N) is 2. The predicted octanol–water partition coefficient (Wildman–Crippen LogP) is 4.36. The number of anilines is 1. The van der Waals surface area contributed by atoms with E-state index in [0.29, 0.717) is 22.7 Å². The summed E-state index contributed by atoms with van der Waals surface area (Å²) in [6.07, 6.45) is 0. The molecule has 136 valence electrons. The molecule has 1 heterocycles. The number of carbonyl (C=O) groups is 1. The van der Waals surface area contributed by atoms with Crippen LogP contribution in [0.2, 0.25) is 0 Å². The summed E-state index contributed by atoms with van der Waals surface area (Å²) in [6.45, 7) is 0. The number of hydrogen-bond acceptors (Lipinski definition) is 4. The molecule has 0 aliphatic carbocycles. The lowest BCUT2D eigenvalue weighted by Crippen LogP contribution is -2.13. The van der Waals surface area contributed by atoms with Crippen LogP contribution in [0.15, 0.2) is 66.7 Å². The molecule has 0 atom stereocenters. The highest BCUT2D eigenvalue weighted by atomic mass is 16.5. The van der Waals surface area contributed by atoms with E-state index in [1.165, 1.54) is 7.11 Å². The molecule has 3 aromatic carbocycles. The van der Waals surface area contributed by atoms with Gasteiger partial charge in [0.05, 0.1) is 29.8 Å². The van der Waals surface area contributed by atoms with Crippen molar-refractivity contribution >= 4 is 22.6 Å². The topological polar surface area (TPSA) is 90.8 Å². The third-order valence-corrected chi connectivity index (χ3v) is 4.47. The van der Waals surface area contributed by atoms with E-state index in [2.05, 4.69) is 21.6 Å². The van der Waals surface area contributed by atoms with Crippen molar-refractivity contribution in [1.29, 1.82) is 5.26 Å². The molecule has 1 amide bonds. The molecule has 4 rings (SSSR count). The Labute approximate surface area is 161 Å². The van der Waals surface area contributed by atoms with Crippen molar-refractivity contribution in [2.75, 3.05) is 12.4 Å². The second-order valence-corrected chi connectivity index (χ2v) is 6.18. The largest absolute Gasteiger partial charge is 0.496 e. The standard InChI is InChI=1S/C22H16N4O2/c1-28-20-8-3-2-7-18(20)22(27)24-21-17-10-9-16(12-19(17)25-26-21)15-6-4-5-14(11-15)13-23/h2-12H,1H3,(H2,24,25,26,27). The van der Waals surface area contributed by atoms with Crippen LogP contribution in [0, 0.1) is 11.3 Å². The van der Waals surface area contributed by atoms with Gasteiger partial charge in [-0.15, -0.1) is 0 Å². The molecule has 0 bridgehead atoms. The number of amides is 1. The Kier molecular flexibility index (Phi) is 4.48. The lowest BCUT2D eigenvalue weighted by atomic mass is 10.0. The van der Waals surface area contributed by atoms with Gasteiger partial charge in [-0.05, 0) is 47.5 Å². The summed E-state index contributed by atoms with van der Waals surface area (Å²) in [4.78, 5) is 12.6. The van der Waals surface area contributed by atoms with Gasteiger partial charge in [0, 0.05) is 5.39 Å². The van der Waals surface area contributed by atoms with E-state index in [4.69, 9.17) is 10.00 Å². The molecule has 0 fully saturated rings. The van der Waals surface area contributed by atoms with Gasteiger partial charge in [0.1, 0.15) is 5.75 Å². The fraction of sp³-hybridized carbons (Fsp3) is 0.0455. The SMILES string of the molecule is COc1ccccc1C(=O)Nc1n[nH]c2cc(-c3cccc(C#N)c3)ccc12. The summed E-state index contributed by atoms with van der Waals surface area (Å²) in [7, 11) is 1.53. The number of nitriles is 1. The van der Waals surface area contributed by atoms with E-state index >= 15 is 0 Å². The zero-order chi connectivity index (χ0) is 19.5. The molecule has 4 aromatic rings. The molecular formula is C22H16N4O2. The number of fused-ring (bicyclic) bond motifs is 1. The first kappa shape index (κ1) is 17.3. The Morgan fingerprint density at radius 1 is 1.07 bits per heavy atom. The molecular weight excluding hydrogens is 352 g/mol. The Morgan fingerprint density at radius 3 is 2.71 bits per heavy atom. The normalized spacial score (nSPS) is 10.4. The first-order valence-corrected chi connectivity index (χ1v) is 8.62. The minimum atomic E-state index is -0.295. The smallest absolute Gasteiger partial charge is 0.260 e. The van der Waals surface area contributed by atoms with Crippen molar-refractivity contribution in [2.24, 2.45) is 0 Å². The van der Waals surface area contributed by atoms with Gasteiger partial charge < -0.3 is 10.1 Å². The number of benzene rings is 3. The third-order valence-electron chi connectivity index (χ3n) is 4.47. The Morgan fingerprint density at radius 2 is 1.89 bits per heavy atom. The van der Waals surface area contributed by atoms with Crippen LogP contribution in [0.1, 0.15) is 15.9 Å². The number of ether oxygens (including phenoxy) is 1. The van der Waals surface area contributed by atoms with Crippen molar-refractivity contribution in [3.63, 3.8) is 0 Å². The second-order valence-electron chi connectivity index (χ2n) is 6.18. The number of H-pyrrole nitrogens is 1. The van der Waals surface area contributed by atoms with Gasteiger partial charge in [-0.25, -0.2) is 0 Å². The van der Waals surface area contributed by atoms with Crippen LogP contribution in [-0.4, -0.2) is 23.2 Å². The summed E-state index contributed by atoms with van der Waals surface area (Å²) >= 11 is 0. The average Bonchev–Trinajstić information content (AvgIpc) is 3.15. The maximum atomic E-state index is 12.6. The zero-order valence-corrected chi connectivity index (χ0v) is 15.1. The fourth-order valence-electron chi connectivity index (χ4n) is 3.07. The third kappa shape index (κ3) is 3.17. The van der Waals surface area contributed by atoms with Gasteiger partial charge in [0.15, 0.2) is 5.82 Å². The lowest BCUT2D eigenvalue weighted by molar-refractivity contribution is 0.102. The van der Waals surface area contributed by atoms with Gasteiger partial charge in [0.2, 0.25) is 0 Å². The monoisotopic (exact) mass is 368 g/mol. The minimum Gasteiger partial charge on any atom is -0.496 e. The zero-order valence-electron chi connectivity index (χ0n) is 15.1. The van der Waals surface area contributed by atoms with E-state index in [9.17, 15) is 4.79 Å². The molecule has 28 heavy (non-hydrogen) atoms. The van der Waals surface area contributed by atoms with E-state index in [0.717, 1.165) is 22.0 Å². The van der Waals surface area contributed by atoms with Crippen molar-refractivity contribution in [3.05, 3.63) is 77.9 Å². The van der Waals surface area contributed by atoms with E-state index in [1.807, 2.05) is 42.5 Å². The average molecular weight is 368 g/mol. The quantitative estimate of drug-likeness (QED) is 0.560. The van der Waals surface area contributed by atoms with Crippen molar-refractivity contribution in [2.45, 2.75) is 0 Å². The van der Waals surface area contributed by atoms with Crippen LogP contribution in [0.3, 0.4) is 0 Å². The van der Waals surface area contributed by atoms with Crippen molar-refractivity contribution < 1.29 is 9.53 Å². The van der Waals surface area contributed by atoms with Gasteiger partial charge >= 0.3 is 0 Å². The van der Waals surface area contributed by atoms with E-state index < -0.39 is 0 Å². The molecule has 6 nitrogen and oxygen atoms in total. The van der Waals surface area contributed by atoms with Crippen LogP contribution in [0.25, 0.3) is 22.0 Å². The molecule has 0 unspecified atom stereocenters. The number of nitrogens with zero attached hydrogens (tertiary/aromatic N) is 2. The van der Waals surface area contributed by atoms with Crippen LogP contribution in [0.5, 0.6) is 5.75 Å². The number of hydrogen-bond donors (Lipinski definition) is 2. The molecule has 0 radical (unpaired) electrons. The van der Waals surface area contributed by atoms with Crippen LogP contribution in [-0.2, 0) is 0 Å². The molecule has 1 aromatic heterocycles. The lowest BCUT2D eigenvalue weighted by Gasteiger charge is -2.08. The van der Waals surface area contributed by atoms with Gasteiger partial charge in [-0.2, -0.15) is 10.4 Å². The van der Waals surface area contributed by atoms with Gasteiger partial charge in [0.25, 0.3) is 5.91 Å². The maximum absolute atomic E-state index is 12.6. The number of para-hydroxylation sites is 1. The number of rotatable bonds is 4. The number of aromatic amines is 1. The first-order valence-electron chi connectivity index (χ1n) is 8.62. The van der Waals surface area contributed by atoms with E-state index in [-0.39, 0.29) is 5.91 Å². The molecule has 0 aliphatic heterocycles. The fourth-order valence-corrected chi connectivity index (χ4v) is 3.07. The summed E-state index contributed by atoms with van der Waals surface area (Å²) in [6, 6.07) is 22.3. The number of methoxy groups -OCH3 is 1. The molecule has 0 saturated heterocycles. The van der Waals surface area contributed by atoms with Gasteiger partial charge in [-0.3, -0.25) is 9.89 Å². The van der Waals surface area contributed by atoms with Crippen LogP contribution in [0.4, 0.5) is 5.82 Å². The molecule has 2 N–H and O–H groups in total. The van der Waals surface area contributed by atoms with Crippen LogP contribution < -0.4 is 10.1 Å². The Balaban J connectivity index is 1.65. The van der Waals surface area contributed by atoms with Crippen molar-refractivity contribution in [3.8, 4) is 22.9 Å². The molecule has 6 heteroatoms. The summed E-state index contributed by atoms with van der Waals surface area (Å²) < 4.78 is 5.24. The molecule has 0 saturated carbocycles. The summed E-state index contributed by atoms with van der Waals surface area (Å²) in [5, 5.41) is 19.9. The van der Waals surface area contributed by atoms with Crippen molar-refractivity contribution in [1.82, 2.24) is 10.2 Å². The second kappa shape index (κ2) is 7.25. The highest BCUT2D eigenvalue weighted by molar-refractivity contribution is 6.09. The highest BCUT2D eigenvalue weighted by Crippen LogP contribution is 2.28. The molecule has 0 spiro atoms. The minimum absolute atomic E-state index is 0.295. The number of aromatic nitrogens is 2. The Hall–Kier alpha value is -4.11. The first-order chi connectivity index (χ1) is 13.7. The maximum Gasteiger partial charge on any atom is 0.260 e. The van der Waals surface area contributed by atoms with Crippen LogP contribution >= 0.6 is 0 Å². The number of carbonyl (C=O) groups excluding carboxylic acids is 1.